The van der Waals surface area contributed by atoms with Gasteiger partial charge in [-0.1, -0.05) is 30.3 Å². The first kappa shape index (κ1) is 33.9. The number of ether oxygens (including phenoxy) is 2. The summed E-state index contributed by atoms with van der Waals surface area (Å²) in [7, 11) is 1.20. The first-order valence-corrected chi connectivity index (χ1v) is 14.1. The Labute approximate surface area is 256 Å². The predicted molar refractivity (Wildman–Crippen MR) is 168 cm³/mol. The third kappa shape index (κ3) is 8.73. The van der Waals surface area contributed by atoms with Crippen molar-refractivity contribution in [3.63, 3.8) is 0 Å². The lowest BCUT2D eigenvalue weighted by Crippen LogP contribution is -2.51. The number of hydrogen-bond acceptors (Lipinski definition) is 5. The molecular formula is C34H39F2N3O5. The topological polar surface area (TPSA) is 106 Å². The van der Waals surface area contributed by atoms with Crippen LogP contribution in [-0.4, -0.2) is 42.8 Å². The predicted octanol–water partition coefficient (Wildman–Crippen LogP) is 7.10. The summed E-state index contributed by atoms with van der Waals surface area (Å²) in [6, 6.07) is 9.89. The highest BCUT2D eigenvalue weighted by Gasteiger charge is 2.32. The van der Waals surface area contributed by atoms with Crippen LogP contribution < -0.4 is 16.0 Å². The number of nitrogens with one attached hydrogen (secondary N) is 3. The molecule has 0 spiro atoms. The molecule has 0 saturated carbocycles. The fraction of sp³-hybridized carbons (Fsp3) is 0.324. The van der Waals surface area contributed by atoms with Crippen LogP contribution in [0, 0.1) is 25.5 Å². The molecule has 0 saturated heterocycles. The van der Waals surface area contributed by atoms with Gasteiger partial charge in [0.25, 0.3) is 5.91 Å². The zero-order valence-electron chi connectivity index (χ0n) is 26.1. The molecule has 0 fully saturated rings. The van der Waals surface area contributed by atoms with Crippen LogP contribution >= 0.6 is 0 Å². The van der Waals surface area contributed by atoms with Crippen molar-refractivity contribution in [1.29, 1.82) is 0 Å². The Morgan fingerprint density at radius 2 is 1.55 bits per heavy atom. The average Bonchev–Trinajstić information content (AvgIpc) is 2.93. The molecule has 44 heavy (non-hydrogen) atoms. The van der Waals surface area contributed by atoms with Gasteiger partial charge in [0.2, 0.25) is 0 Å². The second kappa shape index (κ2) is 14.3. The summed E-state index contributed by atoms with van der Waals surface area (Å²) in [5, 5.41) is 8.21. The molecule has 2 atom stereocenters. The third-order valence-corrected chi connectivity index (χ3v) is 6.73. The largest absolute Gasteiger partial charge is 0.467 e. The molecule has 0 bridgehead atoms. The maximum absolute atomic E-state index is 14.0. The van der Waals surface area contributed by atoms with E-state index >= 15 is 0 Å². The van der Waals surface area contributed by atoms with Gasteiger partial charge in [-0.15, -0.1) is 6.58 Å². The number of carbonyl (C=O) groups excluding carboxylic acids is 3. The Morgan fingerprint density at radius 1 is 0.932 bits per heavy atom. The van der Waals surface area contributed by atoms with Gasteiger partial charge in [-0.05, 0) is 100 Å². The van der Waals surface area contributed by atoms with E-state index in [2.05, 4.69) is 22.5 Å². The van der Waals surface area contributed by atoms with E-state index in [0.29, 0.717) is 23.2 Å². The lowest BCUT2D eigenvalue weighted by atomic mass is 10.0. The highest BCUT2D eigenvalue weighted by atomic mass is 19.2. The Hall–Kier alpha value is -4.57. The highest BCUT2D eigenvalue weighted by molar-refractivity contribution is 6.08. The van der Waals surface area contributed by atoms with Gasteiger partial charge < -0.3 is 25.4 Å². The first-order chi connectivity index (χ1) is 20.6. The third-order valence-electron chi connectivity index (χ3n) is 6.73. The number of amides is 3. The number of halogens is 2. The summed E-state index contributed by atoms with van der Waals surface area (Å²) in [4.78, 5) is 39.5. The molecule has 0 radical (unpaired) electrons. The molecule has 10 heteroatoms. The van der Waals surface area contributed by atoms with Crippen LogP contribution in [0.5, 0.6) is 0 Å². The molecule has 1 unspecified atom stereocenters. The van der Waals surface area contributed by atoms with Crippen molar-refractivity contribution in [2.24, 2.45) is 0 Å². The minimum atomic E-state index is -1.17. The number of allylic oxidation sites excluding steroid dienone is 1. The number of esters is 1. The lowest BCUT2D eigenvalue weighted by molar-refractivity contribution is -0.150. The fourth-order valence-electron chi connectivity index (χ4n) is 4.84. The van der Waals surface area contributed by atoms with Gasteiger partial charge in [-0.2, -0.15) is 0 Å². The molecule has 0 aromatic heterocycles. The minimum absolute atomic E-state index is 0.0121. The molecule has 0 aliphatic carbocycles. The molecule has 3 amide bonds. The summed E-state index contributed by atoms with van der Waals surface area (Å²) >= 11 is 0. The van der Waals surface area contributed by atoms with Gasteiger partial charge in [0.05, 0.1) is 30.1 Å². The molecule has 0 aliphatic rings. The van der Waals surface area contributed by atoms with E-state index in [1.165, 1.54) is 31.4 Å². The van der Waals surface area contributed by atoms with E-state index < -0.39 is 47.3 Å². The van der Waals surface area contributed by atoms with Crippen LogP contribution in [0.3, 0.4) is 0 Å². The van der Waals surface area contributed by atoms with Gasteiger partial charge in [0.15, 0.2) is 17.7 Å². The van der Waals surface area contributed by atoms with Crippen molar-refractivity contribution < 1.29 is 32.6 Å². The van der Waals surface area contributed by atoms with Crippen molar-refractivity contribution in [2.45, 2.75) is 65.7 Å². The monoisotopic (exact) mass is 607 g/mol. The zero-order chi connectivity index (χ0) is 32.8. The second-order valence-corrected chi connectivity index (χ2v) is 11.5. The molecule has 3 aromatic carbocycles. The molecule has 0 aliphatic heterocycles. The number of carbonyl (C=O) groups is 3. The fourth-order valence-corrected chi connectivity index (χ4v) is 4.84. The van der Waals surface area contributed by atoms with Gasteiger partial charge in [-0.3, -0.25) is 4.79 Å². The summed E-state index contributed by atoms with van der Waals surface area (Å²) < 4.78 is 38.5. The van der Waals surface area contributed by atoms with E-state index in [-0.39, 0.29) is 11.3 Å². The zero-order valence-corrected chi connectivity index (χ0v) is 26.1. The number of anilines is 2. The molecule has 8 nitrogen and oxygen atoms in total. The van der Waals surface area contributed by atoms with Crippen LogP contribution in [0.15, 0.2) is 61.2 Å². The van der Waals surface area contributed by atoms with Crippen molar-refractivity contribution in [1.82, 2.24) is 5.32 Å². The van der Waals surface area contributed by atoms with E-state index in [1.807, 2.05) is 46.8 Å². The van der Waals surface area contributed by atoms with Crippen molar-refractivity contribution in [3.05, 3.63) is 95.1 Å². The van der Waals surface area contributed by atoms with E-state index in [0.717, 1.165) is 28.8 Å². The SMILES string of the molecule is C=CCc1cc(C)c(NC(=O)Nc2cc(-c3ccc(F)c(F)c3)ccc2C(=O)N[C@H](C(=O)OC)C(C)OC(C)(C)C)c(C)c1. The van der Waals surface area contributed by atoms with E-state index in [9.17, 15) is 23.2 Å². The average molecular weight is 608 g/mol. The summed E-state index contributed by atoms with van der Waals surface area (Å²) in [5.74, 6) is -3.46. The second-order valence-electron chi connectivity index (χ2n) is 11.5. The number of rotatable bonds is 10. The molecule has 234 valence electrons. The molecule has 3 aromatic rings. The van der Waals surface area contributed by atoms with Gasteiger partial charge in [0, 0.05) is 5.69 Å². The maximum Gasteiger partial charge on any atom is 0.331 e. The number of urea groups is 1. The van der Waals surface area contributed by atoms with Gasteiger partial charge in [0.1, 0.15) is 0 Å². The van der Waals surface area contributed by atoms with E-state index in [4.69, 9.17) is 9.47 Å². The van der Waals surface area contributed by atoms with Crippen molar-refractivity contribution in [2.75, 3.05) is 17.7 Å². The van der Waals surface area contributed by atoms with Crippen LogP contribution in [0.2, 0.25) is 0 Å². The standard InChI is InChI=1S/C34H39F2N3O5/c1-9-10-22-15-19(2)29(20(3)16-22)39-33(42)37-28-18-24(23-12-14-26(35)27(36)17-23)11-13-25(28)31(40)38-30(32(41)43-8)21(4)44-34(5,6)7/h9,11-18,21,30H,1,10H2,2-8H3,(H,38,40)(H2,37,39,42)/t21?,30-/m0/s1. The maximum atomic E-state index is 14.0. The smallest absolute Gasteiger partial charge is 0.331 e. The number of hydrogen-bond donors (Lipinski definition) is 3. The summed E-state index contributed by atoms with van der Waals surface area (Å²) in [6.45, 7) is 14.6. The Balaban J connectivity index is 2.00. The normalized spacial score (nSPS) is 12.6. The number of benzene rings is 3. The van der Waals surface area contributed by atoms with Crippen LogP contribution in [0.25, 0.3) is 11.1 Å². The van der Waals surface area contributed by atoms with Crippen LogP contribution in [-0.2, 0) is 20.7 Å². The molecule has 3 rings (SSSR count). The molecule has 0 heterocycles. The molecule has 3 N–H and O–H groups in total. The first-order valence-electron chi connectivity index (χ1n) is 14.1. The van der Waals surface area contributed by atoms with Crippen LogP contribution in [0.4, 0.5) is 25.0 Å². The van der Waals surface area contributed by atoms with Gasteiger partial charge >= 0.3 is 12.0 Å². The van der Waals surface area contributed by atoms with E-state index in [1.54, 1.807) is 13.0 Å². The van der Waals surface area contributed by atoms with Crippen molar-refractivity contribution >= 4 is 29.3 Å². The van der Waals surface area contributed by atoms with Crippen molar-refractivity contribution in [3.8, 4) is 11.1 Å². The number of aryl methyl sites for hydroxylation is 2. The summed E-state index contributed by atoms with van der Waals surface area (Å²) in [5.41, 5.74) is 3.49. The Bertz CT molecular complexity index is 1540. The van der Waals surface area contributed by atoms with Gasteiger partial charge in [-0.25, -0.2) is 18.4 Å². The number of methoxy groups -OCH3 is 1. The highest BCUT2D eigenvalue weighted by Crippen LogP contribution is 2.29. The summed E-state index contributed by atoms with van der Waals surface area (Å²) in [6.07, 6.45) is 1.71. The van der Waals surface area contributed by atoms with Crippen LogP contribution in [0.1, 0.15) is 54.7 Å². The Kier molecular flexibility index (Phi) is 11.0. The minimum Gasteiger partial charge on any atom is -0.467 e. The lowest BCUT2D eigenvalue weighted by Gasteiger charge is -2.30. The Morgan fingerprint density at radius 3 is 2.11 bits per heavy atom. The molecular weight excluding hydrogens is 568 g/mol. The quantitative estimate of drug-likeness (QED) is 0.169.